The number of ether oxygens (including phenoxy) is 1. The van der Waals surface area contributed by atoms with Crippen LogP contribution in [0.25, 0.3) is 0 Å². The van der Waals surface area contributed by atoms with Crippen molar-refractivity contribution >= 4 is 11.9 Å². The molecule has 0 bridgehead atoms. The highest BCUT2D eigenvalue weighted by molar-refractivity contribution is 5.89. The monoisotopic (exact) mass is 305 g/mol. The lowest BCUT2D eigenvalue weighted by Gasteiger charge is -2.32. The Morgan fingerprint density at radius 2 is 1.95 bits per heavy atom. The fraction of sp³-hybridized carbons (Fsp3) is 0.529. The molecule has 1 aliphatic rings. The molecule has 1 aromatic carbocycles. The van der Waals surface area contributed by atoms with Crippen LogP contribution in [-0.2, 0) is 16.1 Å². The Balaban J connectivity index is 2.01. The van der Waals surface area contributed by atoms with Gasteiger partial charge in [-0.1, -0.05) is 18.6 Å². The molecule has 0 aliphatic carbocycles. The molecule has 0 aromatic heterocycles. The van der Waals surface area contributed by atoms with Gasteiger partial charge in [-0.15, -0.1) is 0 Å². The van der Waals surface area contributed by atoms with E-state index in [-0.39, 0.29) is 12.1 Å². The number of aliphatic carboxylic acids is 1. The maximum absolute atomic E-state index is 11.8. The van der Waals surface area contributed by atoms with E-state index in [2.05, 4.69) is 0 Å². The second-order valence-corrected chi connectivity index (χ2v) is 5.97. The van der Waals surface area contributed by atoms with Gasteiger partial charge in [-0.25, -0.2) is 4.79 Å². The van der Waals surface area contributed by atoms with Gasteiger partial charge in [0, 0.05) is 6.54 Å². The SMILES string of the molecule is CC(C)OC(=O)c1ccc(CN2CCCCC2C(=O)O)cc1. The Morgan fingerprint density at radius 3 is 2.55 bits per heavy atom. The van der Waals surface area contributed by atoms with Gasteiger partial charge in [0.05, 0.1) is 11.7 Å². The zero-order chi connectivity index (χ0) is 16.1. The van der Waals surface area contributed by atoms with Crippen LogP contribution in [-0.4, -0.2) is 40.6 Å². The Kier molecular flexibility index (Phi) is 5.55. The lowest BCUT2D eigenvalue weighted by molar-refractivity contribution is -0.144. The number of carboxylic acids is 1. The summed E-state index contributed by atoms with van der Waals surface area (Å²) in [6.45, 7) is 5.02. The summed E-state index contributed by atoms with van der Waals surface area (Å²) in [6.07, 6.45) is 2.56. The zero-order valence-electron chi connectivity index (χ0n) is 13.1. The standard InChI is InChI=1S/C17H23NO4/c1-12(2)22-17(21)14-8-6-13(7-9-14)11-18-10-4-3-5-15(18)16(19)20/h6-9,12,15H,3-5,10-11H2,1-2H3,(H,19,20). The van der Waals surface area contributed by atoms with Crippen molar-refractivity contribution in [3.8, 4) is 0 Å². The molecule has 1 N–H and O–H groups in total. The second kappa shape index (κ2) is 7.40. The molecule has 1 aromatic rings. The Hall–Kier alpha value is -1.88. The number of benzene rings is 1. The summed E-state index contributed by atoms with van der Waals surface area (Å²) in [7, 11) is 0. The lowest BCUT2D eigenvalue weighted by atomic mass is 10.0. The number of hydrogen-bond acceptors (Lipinski definition) is 4. The third-order valence-corrected chi connectivity index (χ3v) is 3.82. The molecule has 5 nitrogen and oxygen atoms in total. The molecule has 1 atom stereocenters. The average Bonchev–Trinajstić information content (AvgIpc) is 2.47. The van der Waals surface area contributed by atoms with Crippen molar-refractivity contribution < 1.29 is 19.4 Å². The number of hydrogen-bond donors (Lipinski definition) is 1. The molecular formula is C17H23NO4. The second-order valence-electron chi connectivity index (χ2n) is 5.97. The third-order valence-electron chi connectivity index (χ3n) is 3.82. The maximum Gasteiger partial charge on any atom is 0.338 e. The molecule has 1 heterocycles. The van der Waals surface area contributed by atoms with Crippen LogP contribution in [0.2, 0.25) is 0 Å². The number of carbonyl (C=O) groups is 2. The molecule has 0 radical (unpaired) electrons. The molecule has 1 fully saturated rings. The van der Waals surface area contributed by atoms with Crippen LogP contribution in [0, 0.1) is 0 Å². The van der Waals surface area contributed by atoms with Crippen LogP contribution in [0.4, 0.5) is 0 Å². The van der Waals surface area contributed by atoms with Crippen molar-refractivity contribution in [3.05, 3.63) is 35.4 Å². The van der Waals surface area contributed by atoms with Crippen LogP contribution in [0.15, 0.2) is 24.3 Å². The first kappa shape index (κ1) is 16.5. The summed E-state index contributed by atoms with van der Waals surface area (Å²) in [6, 6.07) is 6.80. The number of carbonyl (C=O) groups excluding carboxylic acids is 1. The van der Waals surface area contributed by atoms with Gasteiger partial charge in [0.2, 0.25) is 0 Å². The highest BCUT2D eigenvalue weighted by Gasteiger charge is 2.28. The normalized spacial score (nSPS) is 19.1. The average molecular weight is 305 g/mol. The predicted octanol–water partition coefficient (Wildman–Crippen LogP) is 2.69. The summed E-state index contributed by atoms with van der Waals surface area (Å²) in [4.78, 5) is 25.1. The fourth-order valence-electron chi connectivity index (χ4n) is 2.72. The van der Waals surface area contributed by atoms with Crippen LogP contribution < -0.4 is 0 Å². The van der Waals surface area contributed by atoms with Gasteiger partial charge >= 0.3 is 11.9 Å². The smallest absolute Gasteiger partial charge is 0.338 e. The third kappa shape index (κ3) is 4.31. The molecule has 2 rings (SSSR count). The van der Waals surface area contributed by atoms with Gasteiger partial charge in [0.25, 0.3) is 0 Å². The minimum Gasteiger partial charge on any atom is -0.480 e. The lowest BCUT2D eigenvalue weighted by Crippen LogP contribution is -2.43. The number of carboxylic acid groups (broad SMARTS) is 1. The first-order valence-electron chi connectivity index (χ1n) is 7.74. The predicted molar refractivity (Wildman–Crippen MR) is 82.7 cm³/mol. The van der Waals surface area contributed by atoms with Gasteiger partial charge in [-0.05, 0) is 50.9 Å². The largest absolute Gasteiger partial charge is 0.480 e. The summed E-state index contributed by atoms with van der Waals surface area (Å²) < 4.78 is 5.15. The van der Waals surface area contributed by atoms with Gasteiger partial charge < -0.3 is 9.84 Å². The molecular weight excluding hydrogens is 282 g/mol. The number of likely N-dealkylation sites (tertiary alicyclic amines) is 1. The van der Waals surface area contributed by atoms with Crippen LogP contribution in [0.3, 0.4) is 0 Å². The maximum atomic E-state index is 11.8. The Morgan fingerprint density at radius 1 is 1.27 bits per heavy atom. The van der Waals surface area contributed by atoms with E-state index >= 15 is 0 Å². The van der Waals surface area contributed by atoms with E-state index < -0.39 is 12.0 Å². The van der Waals surface area contributed by atoms with Crippen molar-refractivity contribution in [1.82, 2.24) is 4.90 Å². The Labute approximate surface area is 130 Å². The Bertz CT molecular complexity index is 524. The van der Waals surface area contributed by atoms with E-state index in [9.17, 15) is 14.7 Å². The molecule has 1 unspecified atom stereocenters. The quantitative estimate of drug-likeness (QED) is 0.847. The van der Waals surface area contributed by atoms with Crippen LogP contribution in [0.5, 0.6) is 0 Å². The summed E-state index contributed by atoms with van der Waals surface area (Å²) in [5, 5.41) is 9.28. The molecule has 120 valence electrons. The first-order valence-corrected chi connectivity index (χ1v) is 7.74. The zero-order valence-corrected chi connectivity index (χ0v) is 13.1. The highest BCUT2D eigenvalue weighted by Crippen LogP contribution is 2.20. The molecule has 5 heteroatoms. The van der Waals surface area contributed by atoms with E-state index in [0.717, 1.165) is 24.9 Å². The minimum atomic E-state index is -0.753. The summed E-state index contributed by atoms with van der Waals surface area (Å²) in [5.74, 6) is -1.08. The highest BCUT2D eigenvalue weighted by atomic mass is 16.5. The van der Waals surface area contributed by atoms with Gasteiger partial charge in [0.1, 0.15) is 6.04 Å². The number of piperidine rings is 1. The topological polar surface area (TPSA) is 66.8 Å². The van der Waals surface area contributed by atoms with E-state index in [1.165, 1.54) is 0 Å². The fourth-order valence-corrected chi connectivity index (χ4v) is 2.72. The van der Waals surface area contributed by atoms with Crippen molar-refractivity contribution in [2.45, 2.75) is 51.8 Å². The molecule has 0 spiro atoms. The van der Waals surface area contributed by atoms with Gasteiger partial charge in [-0.3, -0.25) is 9.69 Å². The number of esters is 1. The summed E-state index contributed by atoms with van der Waals surface area (Å²) in [5.41, 5.74) is 1.53. The van der Waals surface area contributed by atoms with Gasteiger partial charge in [-0.2, -0.15) is 0 Å². The van der Waals surface area contributed by atoms with Crippen molar-refractivity contribution in [1.29, 1.82) is 0 Å². The molecule has 0 saturated carbocycles. The number of nitrogens with zero attached hydrogens (tertiary/aromatic N) is 1. The van der Waals surface area contributed by atoms with Crippen LogP contribution >= 0.6 is 0 Å². The van der Waals surface area contributed by atoms with E-state index in [1.54, 1.807) is 12.1 Å². The first-order chi connectivity index (χ1) is 10.5. The number of rotatable bonds is 5. The molecule has 22 heavy (non-hydrogen) atoms. The van der Waals surface area contributed by atoms with Crippen molar-refractivity contribution in [2.75, 3.05) is 6.54 Å². The summed E-state index contributed by atoms with van der Waals surface area (Å²) >= 11 is 0. The van der Waals surface area contributed by atoms with E-state index in [0.29, 0.717) is 18.5 Å². The van der Waals surface area contributed by atoms with Crippen molar-refractivity contribution in [2.24, 2.45) is 0 Å². The van der Waals surface area contributed by atoms with Gasteiger partial charge in [0.15, 0.2) is 0 Å². The van der Waals surface area contributed by atoms with Crippen LogP contribution in [0.1, 0.15) is 49.0 Å². The van der Waals surface area contributed by atoms with Crippen molar-refractivity contribution in [3.63, 3.8) is 0 Å². The van der Waals surface area contributed by atoms with E-state index in [1.807, 2.05) is 30.9 Å². The minimum absolute atomic E-state index is 0.142. The molecule has 0 amide bonds. The molecule has 1 aliphatic heterocycles. The molecule has 1 saturated heterocycles. The van der Waals surface area contributed by atoms with E-state index in [4.69, 9.17) is 4.74 Å².